The van der Waals surface area contributed by atoms with Gasteiger partial charge in [-0.1, -0.05) is 11.6 Å². The van der Waals surface area contributed by atoms with Gasteiger partial charge >= 0.3 is 0 Å². The summed E-state index contributed by atoms with van der Waals surface area (Å²) in [5.41, 5.74) is 0.768. The Labute approximate surface area is 99.0 Å². The van der Waals surface area contributed by atoms with E-state index in [2.05, 4.69) is 10.6 Å². The molecule has 1 rings (SSSR count). The average molecular weight is 245 g/mol. The minimum absolute atomic E-state index is 0.195. The van der Waals surface area contributed by atoms with Gasteiger partial charge in [0, 0.05) is 13.0 Å². The number of hydrogen-bond donors (Lipinski definition) is 2. The Kier molecular flexibility index (Phi) is 4.71. The van der Waals surface area contributed by atoms with Crippen molar-refractivity contribution >= 4 is 23.2 Å². The second kappa shape index (κ2) is 5.82. The maximum absolute atomic E-state index is 13.2. The van der Waals surface area contributed by atoms with Crippen molar-refractivity contribution in [1.82, 2.24) is 5.32 Å². The van der Waals surface area contributed by atoms with E-state index in [0.29, 0.717) is 29.2 Å². The lowest BCUT2D eigenvalue weighted by atomic mass is 10.2. The topological polar surface area (TPSA) is 41.1 Å². The molecule has 0 aliphatic heterocycles. The molecule has 88 valence electrons. The van der Waals surface area contributed by atoms with Crippen LogP contribution in [0.3, 0.4) is 0 Å². The first-order chi connectivity index (χ1) is 7.54. The lowest BCUT2D eigenvalue weighted by Crippen LogP contribution is -2.19. The summed E-state index contributed by atoms with van der Waals surface area (Å²) in [6.07, 6.45) is 0.322. The first kappa shape index (κ1) is 12.9. The highest BCUT2D eigenvalue weighted by molar-refractivity contribution is 6.33. The van der Waals surface area contributed by atoms with Crippen molar-refractivity contribution in [3.8, 4) is 0 Å². The fourth-order valence-electron chi connectivity index (χ4n) is 1.19. The molecule has 0 fully saturated rings. The molecule has 0 spiro atoms. The van der Waals surface area contributed by atoms with E-state index in [-0.39, 0.29) is 11.7 Å². The Balaban J connectivity index is 2.73. The van der Waals surface area contributed by atoms with Crippen LogP contribution in [0.1, 0.15) is 12.0 Å². The van der Waals surface area contributed by atoms with Crippen molar-refractivity contribution in [3.63, 3.8) is 0 Å². The second-order valence-electron chi connectivity index (χ2n) is 3.48. The van der Waals surface area contributed by atoms with Crippen LogP contribution in [0.5, 0.6) is 0 Å². The van der Waals surface area contributed by atoms with E-state index < -0.39 is 0 Å². The molecule has 0 radical (unpaired) electrons. The summed E-state index contributed by atoms with van der Waals surface area (Å²) < 4.78 is 13.2. The highest BCUT2D eigenvalue weighted by atomic mass is 35.5. The number of amides is 1. The zero-order valence-electron chi connectivity index (χ0n) is 9.23. The SMILES string of the molecule is CNCCC(=O)Nc1cc(F)c(C)cc1Cl. The van der Waals surface area contributed by atoms with Gasteiger partial charge in [-0.3, -0.25) is 4.79 Å². The first-order valence-corrected chi connectivity index (χ1v) is 5.32. The van der Waals surface area contributed by atoms with E-state index in [4.69, 9.17) is 11.6 Å². The number of carbonyl (C=O) groups is 1. The number of hydrogen-bond acceptors (Lipinski definition) is 2. The van der Waals surface area contributed by atoms with E-state index in [1.54, 1.807) is 14.0 Å². The van der Waals surface area contributed by atoms with Crippen molar-refractivity contribution < 1.29 is 9.18 Å². The number of anilines is 1. The van der Waals surface area contributed by atoms with Crippen LogP contribution >= 0.6 is 11.6 Å². The maximum atomic E-state index is 13.2. The van der Waals surface area contributed by atoms with Crippen LogP contribution in [-0.4, -0.2) is 19.5 Å². The van der Waals surface area contributed by atoms with Crippen LogP contribution in [0.25, 0.3) is 0 Å². The van der Waals surface area contributed by atoms with Gasteiger partial charge in [0.1, 0.15) is 5.82 Å². The zero-order chi connectivity index (χ0) is 12.1. The van der Waals surface area contributed by atoms with Crippen LogP contribution < -0.4 is 10.6 Å². The highest BCUT2D eigenvalue weighted by Gasteiger charge is 2.08. The summed E-state index contributed by atoms with van der Waals surface area (Å²) in [5, 5.41) is 5.76. The lowest BCUT2D eigenvalue weighted by molar-refractivity contribution is -0.116. The predicted octanol–water partition coefficient (Wildman–Crippen LogP) is 2.34. The lowest BCUT2D eigenvalue weighted by Gasteiger charge is -2.08. The molecule has 16 heavy (non-hydrogen) atoms. The van der Waals surface area contributed by atoms with E-state index in [9.17, 15) is 9.18 Å². The van der Waals surface area contributed by atoms with E-state index in [0.717, 1.165) is 0 Å². The number of carbonyl (C=O) groups excluding carboxylic acids is 1. The fraction of sp³-hybridized carbons (Fsp3) is 0.364. The number of rotatable bonds is 4. The van der Waals surface area contributed by atoms with Gasteiger partial charge in [0.05, 0.1) is 10.7 Å². The number of halogens is 2. The minimum atomic E-state index is -0.381. The van der Waals surface area contributed by atoms with Gasteiger partial charge in [-0.05, 0) is 31.7 Å². The summed E-state index contributed by atoms with van der Waals surface area (Å²) >= 11 is 5.88. The quantitative estimate of drug-likeness (QED) is 0.854. The Morgan fingerprint density at radius 3 is 2.81 bits per heavy atom. The van der Waals surface area contributed by atoms with Crippen molar-refractivity contribution in [3.05, 3.63) is 28.5 Å². The van der Waals surface area contributed by atoms with Gasteiger partial charge in [0.15, 0.2) is 0 Å². The van der Waals surface area contributed by atoms with Crippen LogP contribution in [-0.2, 0) is 4.79 Å². The zero-order valence-corrected chi connectivity index (χ0v) is 9.99. The van der Waals surface area contributed by atoms with E-state index in [1.165, 1.54) is 12.1 Å². The van der Waals surface area contributed by atoms with E-state index >= 15 is 0 Å². The average Bonchev–Trinajstić information content (AvgIpc) is 2.23. The number of benzene rings is 1. The number of aryl methyl sites for hydroxylation is 1. The van der Waals surface area contributed by atoms with Gasteiger partial charge < -0.3 is 10.6 Å². The van der Waals surface area contributed by atoms with Gasteiger partial charge in [-0.25, -0.2) is 4.39 Å². The number of nitrogens with one attached hydrogen (secondary N) is 2. The molecule has 1 aromatic carbocycles. The van der Waals surface area contributed by atoms with Crippen LogP contribution in [0.15, 0.2) is 12.1 Å². The Bertz CT molecular complexity index is 396. The van der Waals surface area contributed by atoms with Crippen LogP contribution in [0.2, 0.25) is 5.02 Å². The molecule has 0 aromatic heterocycles. The largest absolute Gasteiger partial charge is 0.325 e. The molecule has 0 saturated carbocycles. The molecule has 0 unspecified atom stereocenters. The van der Waals surface area contributed by atoms with Gasteiger partial charge in [-0.2, -0.15) is 0 Å². The molecule has 1 aromatic rings. The Morgan fingerprint density at radius 1 is 1.50 bits per heavy atom. The third kappa shape index (κ3) is 3.47. The van der Waals surface area contributed by atoms with Crippen molar-refractivity contribution in [2.75, 3.05) is 18.9 Å². The molecule has 0 aliphatic carbocycles. The van der Waals surface area contributed by atoms with Gasteiger partial charge in [0.25, 0.3) is 0 Å². The van der Waals surface area contributed by atoms with Gasteiger partial charge in [-0.15, -0.1) is 0 Å². The second-order valence-corrected chi connectivity index (χ2v) is 3.89. The molecule has 3 nitrogen and oxygen atoms in total. The molecule has 0 saturated heterocycles. The molecule has 1 amide bonds. The van der Waals surface area contributed by atoms with Gasteiger partial charge in [0.2, 0.25) is 5.91 Å². The summed E-state index contributed by atoms with van der Waals surface area (Å²) in [7, 11) is 1.76. The predicted molar refractivity (Wildman–Crippen MR) is 63.3 cm³/mol. The molecule has 0 atom stereocenters. The summed E-state index contributed by atoms with van der Waals surface area (Å²) in [4.78, 5) is 11.4. The van der Waals surface area contributed by atoms with Crippen LogP contribution in [0.4, 0.5) is 10.1 Å². The van der Waals surface area contributed by atoms with Crippen molar-refractivity contribution in [2.24, 2.45) is 0 Å². The first-order valence-electron chi connectivity index (χ1n) is 4.94. The Morgan fingerprint density at radius 2 is 2.19 bits per heavy atom. The Hall–Kier alpha value is -1.13. The van der Waals surface area contributed by atoms with E-state index in [1.807, 2.05) is 0 Å². The minimum Gasteiger partial charge on any atom is -0.325 e. The van der Waals surface area contributed by atoms with Crippen LogP contribution in [0, 0.1) is 12.7 Å². The molecule has 0 aliphatic rings. The molecule has 0 bridgehead atoms. The molecule has 2 N–H and O–H groups in total. The standard InChI is InChI=1S/C11H14ClFN2O/c1-7-5-8(12)10(6-9(7)13)15-11(16)3-4-14-2/h5-6,14H,3-4H2,1-2H3,(H,15,16). The van der Waals surface area contributed by atoms with Crippen molar-refractivity contribution in [1.29, 1.82) is 0 Å². The highest BCUT2D eigenvalue weighted by Crippen LogP contribution is 2.25. The smallest absolute Gasteiger partial charge is 0.225 e. The monoisotopic (exact) mass is 244 g/mol. The third-order valence-electron chi connectivity index (χ3n) is 2.12. The fourth-order valence-corrected chi connectivity index (χ4v) is 1.46. The normalized spacial score (nSPS) is 10.2. The van der Waals surface area contributed by atoms with Crippen molar-refractivity contribution in [2.45, 2.75) is 13.3 Å². The summed E-state index contributed by atoms with van der Waals surface area (Å²) in [6, 6.07) is 2.72. The maximum Gasteiger partial charge on any atom is 0.225 e. The molecular weight excluding hydrogens is 231 g/mol. The molecular formula is C11H14ClFN2O. The molecule has 5 heteroatoms. The molecule has 0 heterocycles. The summed E-state index contributed by atoms with van der Waals surface area (Å²) in [5.74, 6) is -0.576. The third-order valence-corrected chi connectivity index (χ3v) is 2.44. The summed E-state index contributed by atoms with van der Waals surface area (Å²) in [6.45, 7) is 2.19.